The third kappa shape index (κ3) is 5.11. The van der Waals surface area contributed by atoms with Gasteiger partial charge >= 0.3 is 5.97 Å². The number of benzene rings is 1. The molecule has 2 aliphatic carbocycles. The summed E-state index contributed by atoms with van der Waals surface area (Å²) in [7, 11) is 0. The molecule has 4 rings (SSSR count). The Morgan fingerprint density at radius 2 is 1.97 bits per heavy atom. The summed E-state index contributed by atoms with van der Waals surface area (Å²) in [6.45, 7) is 12.8. The lowest BCUT2D eigenvalue weighted by atomic mass is 9.57. The van der Waals surface area contributed by atoms with Crippen molar-refractivity contribution in [3.8, 4) is 0 Å². The maximum Gasteiger partial charge on any atom is 0.303 e. The summed E-state index contributed by atoms with van der Waals surface area (Å²) in [5, 5.41) is 12.5. The van der Waals surface area contributed by atoms with Gasteiger partial charge in [-0.05, 0) is 55.2 Å². The van der Waals surface area contributed by atoms with E-state index in [-0.39, 0.29) is 17.8 Å². The second-order valence-corrected chi connectivity index (χ2v) is 10.7. The van der Waals surface area contributed by atoms with Crippen molar-refractivity contribution in [2.75, 3.05) is 37.6 Å². The molecule has 1 saturated carbocycles. The van der Waals surface area contributed by atoms with E-state index in [0.717, 1.165) is 61.8 Å². The first-order valence-corrected chi connectivity index (χ1v) is 12.6. The lowest BCUT2D eigenvalue weighted by Gasteiger charge is -2.53. The number of ether oxygens (including phenoxy) is 1. The first-order valence-electron chi connectivity index (χ1n) is 12.3. The first kappa shape index (κ1) is 24.6. The second kappa shape index (κ2) is 9.97. The number of piperazine rings is 1. The summed E-state index contributed by atoms with van der Waals surface area (Å²) in [6, 6.07) is 8.07. The number of nitrogens with zero attached hydrogens (tertiary/aromatic N) is 2. The number of anilines is 1. The number of carbonyl (C=O) groups is 1. The number of para-hydroxylation sites is 1. The van der Waals surface area contributed by atoms with E-state index in [4.69, 9.17) is 16.3 Å². The molecule has 5 nitrogen and oxygen atoms in total. The number of fused-ring (bicyclic) bond motifs is 1. The zero-order chi connectivity index (χ0) is 23.8. The summed E-state index contributed by atoms with van der Waals surface area (Å²) in [4.78, 5) is 16.5. The molecule has 0 unspecified atom stereocenters. The molecule has 0 aromatic heterocycles. The van der Waals surface area contributed by atoms with Gasteiger partial charge in [0, 0.05) is 45.6 Å². The Balaban J connectivity index is 1.41. The van der Waals surface area contributed by atoms with Gasteiger partial charge in [-0.2, -0.15) is 0 Å². The predicted octanol–water partition coefficient (Wildman–Crippen LogP) is 4.46. The van der Waals surface area contributed by atoms with E-state index in [1.165, 1.54) is 6.92 Å². The minimum Gasteiger partial charge on any atom is -0.457 e. The van der Waals surface area contributed by atoms with Crippen molar-refractivity contribution in [2.24, 2.45) is 23.7 Å². The van der Waals surface area contributed by atoms with Crippen molar-refractivity contribution >= 4 is 23.3 Å². The Morgan fingerprint density at radius 1 is 1.27 bits per heavy atom. The summed E-state index contributed by atoms with van der Waals surface area (Å²) < 4.78 is 5.44. The summed E-state index contributed by atoms with van der Waals surface area (Å²) in [5.74, 6) is 0.567. The van der Waals surface area contributed by atoms with Gasteiger partial charge in [0.2, 0.25) is 0 Å². The van der Waals surface area contributed by atoms with Crippen LogP contribution in [-0.2, 0) is 9.53 Å². The number of aliphatic hydroxyl groups is 1. The fourth-order valence-corrected chi connectivity index (χ4v) is 6.28. The molecular formula is C27H37ClN2O3. The molecule has 180 valence electrons. The predicted molar refractivity (Wildman–Crippen MR) is 132 cm³/mol. The number of rotatable bonds is 5. The van der Waals surface area contributed by atoms with Crippen molar-refractivity contribution in [1.29, 1.82) is 0 Å². The van der Waals surface area contributed by atoms with Crippen LogP contribution in [0.5, 0.6) is 0 Å². The fraction of sp³-hybridized carbons (Fsp3) is 0.630. The quantitative estimate of drug-likeness (QED) is 0.506. The van der Waals surface area contributed by atoms with Gasteiger partial charge in [-0.25, -0.2) is 0 Å². The molecule has 2 fully saturated rings. The van der Waals surface area contributed by atoms with Crippen LogP contribution in [-0.4, -0.2) is 60.4 Å². The van der Waals surface area contributed by atoms with Gasteiger partial charge in [0.1, 0.15) is 6.10 Å². The molecule has 0 amide bonds. The molecule has 2 radical (unpaired) electrons. The topological polar surface area (TPSA) is 53.0 Å². The monoisotopic (exact) mass is 472 g/mol. The minimum atomic E-state index is -1.06. The van der Waals surface area contributed by atoms with E-state index in [2.05, 4.69) is 42.2 Å². The van der Waals surface area contributed by atoms with Gasteiger partial charge in [-0.3, -0.25) is 9.69 Å². The molecule has 1 heterocycles. The molecule has 1 saturated heterocycles. The Kier molecular flexibility index (Phi) is 7.42. The van der Waals surface area contributed by atoms with Gasteiger partial charge in [0.05, 0.1) is 22.7 Å². The van der Waals surface area contributed by atoms with E-state index in [1.807, 2.05) is 25.1 Å². The molecule has 6 atom stereocenters. The van der Waals surface area contributed by atoms with Crippen LogP contribution in [0.2, 0.25) is 5.02 Å². The normalized spacial score (nSPS) is 33.8. The highest BCUT2D eigenvalue weighted by molar-refractivity contribution is 6.33. The lowest BCUT2D eigenvalue weighted by Crippen LogP contribution is -2.57. The van der Waals surface area contributed by atoms with E-state index in [9.17, 15) is 9.90 Å². The highest BCUT2D eigenvalue weighted by atomic mass is 35.5. The zero-order valence-electron chi connectivity index (χ0n) is 20.3. The van der Waals surface area contributed by atoms with Gasteiger partial charge in [0.15, 0.2) is 0 Å². The Bertz CT molecular complexity index is 882. The van der Waals surface area contributed by atoms with Crippen LogP contribution in [0.1, 0.15) is 40.5 Å². The molecule has 33 heavy (non-hydrogen) atoms. The molecule has 1 N–H and O–H groups in total. The number of carbonyl (C=O) groups excluding carboxylic acids is 1. The van der Waals surface area contributed by atoms with Gasteiger partial charge in [-0.15, -0.1) is 0 Å². The van der Waals surface area contributed by atoms with Gasteiger partial charge in [-0.1, -0.05) is 43.7 Å². The standard InChI is InChI=1S/C27H37ClN2O3/c1-18-15-23-22(10-9-20(3)27(23,32)16-26(18)33-21(4)31)19(2)17-29-11-13-30(14-12-29)25-8-6-5-7-24(25)28/h5-8,15,19-20,22-23,26,32H,9-14,17H2,1-4H3/t19-,20-,22+,23-,26-,27-/m1/s1. The summed E-state index contributed by atoms with van der Waals surface area (Å²) in [6.07, 6.45) is 6.95. The minimum absolute atomic E-state index is 0.00692. The number of halogens is 1. The highest BCUT2D eigenvalue weighted by Gasteiger charge is 2.53. The molecule has 1 aliphatic heterocycles. The molecule has 0 bridgehead atoms. The SMILES string of the molecule is CC(=O)O[C@@H]1[C][C@@]2(O)[C@H](C)CC[C@@H]([C@H](C)CN3CCN(c4ccccc4Cl)CC3)[C@H]2C=C1C. The second-order valence-electron chi connectivity index (χ2n) is 10.3. The van der Waals surface area contributed by atoms with Crippen LogP contribution in [0.4, 0.5) is 5.69 Å². The average Bonchev–Trinajstić information content (AvgIpc) is 2.77. The molecule has 6 heteroatoms. The third-order valence-electron chi connectivity index (χ3n) is 8.00. The van der Waals surface area contributed by atoms with Crippen LogP contribution in [0.3, 0.4) is 0 Å². The van der Waals surface area contributed by atoms with Crippen molar-refractivity contribution < 1.29 is 14.6 Å². The summed E-state index contributed by atoms with van der Waals surface area (Å²) in [5.41, 5.74) is 1.04. The average molecular weight is 473 g/mol. The molecule has 0 spiro atoms. The van der Waals surface area contributed by atoms with Crippen LogP contribution in [0, 0.1) is 30.1 Å². The van der Waals surface area contributed by atoms with Gasteiger partial charge in [0.25, 0.3) is 0 Å². The smallest absolute Gasteiger partial charge is 0.303 e. The highest BCUT2D eigenvalue weighted by Crippen LogP contribution is 2.50. The number of hydrogen-bond acceptors (Lipinski definition) is 5. The van der Waals surface area contributed by atoms with Crippen LogP contribution in [0.25, 0.3) is 0 Å². The Labute approximate surface area is 203 Å². The molecule has 1 aromatic carbocycles. The zero-order valence-corrected chi connectivity index (χ0v) is 21.0. The van der Waals surface area contributed by atoms with Crippen LogP contribution in [0.15, 0.2) is 35.9 Å². The van der Waals surface area contributed by atoms with E-state index < -0.39 is 11.7 Å². The maximum atomic E-state index is 11.7. The van der Waals surface area contributed by atoms with Crippen LogP contribution < -0.4 is 4.90 Å². The molecule has 3 aliphatic rings. The largest absolute Gasteiger partial charge is 0.457 e. The van der Waals surface area contributed by atoms with Crippen molar-refractivity contribution in [1.82, 2.24) is 4.90 Å². The van der Waals surface area contributed by atoms with E-state index in [1.54, 1.807) is 0 Å². The van der Waals surface area contributed by atoms with Gasteiger partial charge < -0.3 is 14.7 Å². The molecule has 1 aromatic rings. The van der Waals surface area contributed by atoms with E-state index >= 15 is 0 Å². The number of hydrogen-bond donors (Lipinski definition) is 1. The fourth-order valence-electron chi connectivity index (χ4n) is 6.03. The van der Waals surface area contributed by atoms with Crippen LogP contribution >= 0.6 is 11.6 Å². The Morgan fingerprint density at radius 3 is 2.64 bits per heavy atom. The number of esters is 1. The lowest BCUT2D eigenvalue weighted by molar-refractivity contribution is -0.148. The molecular weight excluding hydrogens is 436 g/mol. The maximum absolute atomic E-state index is 11.7. The van der Waals surface area contributed by atoms with Crippen molar-refractivity contribution in [3.63, 3.8) is 0 Å². The van der Waals surface area contributed by atoms with E-state index in [0.29, 0.717) is 11.8 Å². The van der Waals surface area contributed by atoms with Crippen molar-refractivity contribution in [3.05, 3.63) is 47.4 Å². The van der Waals surface area contributed by atoms with Crippen molar-refractivity contribution in [2.45, 2.75) is 52.2 Å². The first-order chi connectivity index (χ1) is 15.7. The third-order valence-corrected chi connectivity index (χ3v) is 8.32. The summed E-state index contributed by atoms with van der Waals surface area (Å²) >= 11 is 6.40. The Hall–Kier alpha value is -1.56.